The molecule has 0 aromatic carbocycles. The molecule has 0 unspecified atom stereocenters. The van der Waals surface area contributed by atoms with Crippen LogP contribution in [0.1, 0.15) is 38.5 Å². The van der Waals surface area contributed by atoms with Gasteiger partial charge in [0.1, 0.15) is 0 Å². The maximum absolute atomic E-state index is 12.2. The number of amides is 2. The second-order valence-corrected chi connectivity index (χ2v) is 6.47. The van der Waals surface area contributed by atoms with Crippen LogP contribution in [0.2, 0.25) is 0 Å². The SMILES string of the molecule is O=C(NC[C@@H]1CC=CCC1)N1CC[C@H](N2CCCC2)C1. The van der Waals surface area contributed by atoms with Crippen molar-refractivity contribution >= 4 is 6.03 Å². The maximum Gasteiger partial charge on any atom is 0.317 e. The molecule has 4 nitrogen and oxygen atoms in total. The van der Waals surface area contributed by atoms with Gasteiger partial charge in [0.25, 0.3) is 0 Å². The van der Waals surface area contributed by atoms with E-state index in [4.69, 9.17) is 0 Å². The largest absolute Gasteiger partial charge is 0.338 e. The molecule has 0 saturated carbocycles. The molecule has 3 rings (SSSR count). The molecule has 4 heteroatoms. The van der Waals surface area contributed by atoms with E-state index in [2.05, 4.69) is 22.4 Å². The lowest BCUT2D eigenvalue weighted by Gasteiger charge is -2.24. The zero-order valence-electron chi connectivity index (χ0n) is 12.4. The molecule has 3 aliphatic rings. The van der Waals surface area contributed by atoms with E-state index >= 15 is 0 Å². The molecule has 2 amide bonds. The Morgan fingerprint density at radius 2 is 2.00 bits per heavy atom. The van der Waals surface area contributed by atoms with Crippen LogP contribution in [0.5, 0.6) is 0 Å². The highest BCUT2D eigenvalue weighted by Crippen LogP contribution is 2.21. The molecule has 0 aromatic rings. The third-order valence-corrected chi connectivity index (χ3v) is 5.03. The molecule has 1 N–H and O–H groups in total. The Morgan fingerprint density at radius 3 is 2.75 bits per heavy atom. The van der Waals surface area contributed by atoms with Gasteiger partial charge in [-0.05, 0) is 57.5 Å². The molecule has 0 spiro atoms. The molecular formula is C16H27N3O. The minimum Gasteiger partial charge on any atom is -0.338 e. The Balaban J connectivity index is 1.40. The first-order chi connectivity index (χ1) is 9.83. The highest BCUT2D eigenvalue weighted by molar-refractivity contribution is 5.74. The average molecular weight is 277 g/mol. The van der Waals surface area contributed by atoms with Gasteiger partial charge in [-0.15, -0.1) is 0 Å². The molecule has 2 saturated heterocycles. The number of urea groups is 1. The summed E-state index contributed by atoms with van der Waals surface area (Å²) in [7, 11) is 0. The van der Waals surface area contributed by atoms with Gasteiger partial charge in [0, 0.05) is 25.7 Å². The number of hydrogen-bond donors (Lipinski definition) is 1. The Labute approximate surface area is 122 Å². The first-order valence-corrected chi connectivity index (χ1v) is 8.25. The Bertz CT molecular complexity index is 363. The lowest BCUT2D eigenvalue weighted by atomic mass is 9.94. The molecule has 20 heavy (non-hydrogen) atoms. The fraction of sp³-hybridized carbons (Fsp3) is 0.812. The summed E-state index contributed by atoms with van der Waals surface area (Å²) in [5, 5.41) is 3.14. The van der Waals surface area contributed by atoms with Gasteiger partial charge in [-0.25, -0.2) is 4.79 Å². The smallest absolute Gasteiger partial charge is 0.317 e. The fourth-order valence-corrected chi connectivity index (χ4v) is 3.72. The number of carbonyl (C=O) groups excluding carboxylic acids is 1. The fourth-order valence-electron chi connectivity index (χ4n) is 3.72. The first kappa shape index (κ1) is 13.9. The van der Waals surface area contributed by atoms with Gasteiger partial charge in [-0.1, -0.05) is 12.2 Å². The summed E-state index contributed by atoms with van der Waals surface area (Å²) in [6.07, 6.45) is 11.8. The summed E-state index contributed by atoms with van der Waals surface area (Å²) < 4.78 is 0. The van der Waals surface area contributed by atoms with E-state index in [0.29, 0.717) is 12.0 Å². The second kappa shape index (κ2) is 6.61. The molecule has 112 valence electrons. The van der Waals surface area contributed by atoms with E-state index in [-0.39, 0.29) is 6.03 Å². The lowest BCUT2D eigenvalue weighted by Crippen LogP contribution is -2.43. The molecule has 2 heterocycles. The molecule has 2 aliphatic heterocycles. The van der Waals surface area contributed by atoms with Gasteiger partial charge in [-0.3, -0.25) is 4.90 Å². The van der Waals surface area contributed by atoms with Crippen LogP contribution in [0.4, 0.5) is 4.79 Å². The van der Waals surface area contributed by atoms with Crippen molar-refractivity contribution in [1.29, 1.82) is 0 Å². The van der Waals surface area contributed by atoms with Crippen molar-refractivity contribution in [2.75, 3.05) is 32.7 Å². The Morgan fingerprint density at radius 1 is 1.15 bits per heavy atom. The maximum atomic E-state index is 12.2. The van der Waals surface area contributed by atoms with Gasteiger partial charge in [0.15, 0.2) is 0 Å². The van der Waals surface area contributed by atoms with Crippen LogP contribution in [0, 0.1) is 5.92 Å². The van der Waals surface area contributed by atoms with Gasteiger partial charge < -0.3 is 10.2 Å². The molecule has 0 aromatic heterocycles. The number of carbonyl (C=O) groups is 1. The van der Waals surface area contributed by atoms with Gasteiger partial charge in [-0.2, -0.15) is 0 Å². The predicted molar refractivity (Wildman–Crippen MR) is 80.7 cm³/mol. The molecule has 0 bridgehead atoms. The quantitative estimate of drug-likeness (QED) is 0.803. The number of nitrogens with one attached hydrogen (secondary N) is 1. The van der Waals surface area contributed by atoms with Crippen LogP contribution in [0.15, 0.2) is 12.2 Å². The number of rotatable bonds is 3. The van der Waals surface area contributed by atoms with E-state index in [1.54, 1.807) is 0 Å². The third kappa shape index (κ3) is 3.35. The van der Waals surface area contributed by atoms with Gasteiger partial charge >= 0.3 is 6.03 Å². The predicted octanol–water partition coefficient (Wildman–Crippen LogP) is 2.22. The Hall–Kier alpha value is -1.03. The minimum atomic E-state index is 0.154. The van der Waals surface area contributed by atoms with Crippen LogP contribution in [0.25, 0.3) is 0 Å². The molecular weight excluding hydrogens is 250 g/mol. The third-order valence-electron chi connectivity index (χ3n) is 5.03. The molecule has 1 aliphatic carbocycles. The normalized spacial score (nSPS) is 30.9. The summed E-state index contributed by atoms with van der Waals surface area (Å²) in [6.45, 7) is 5.16. The summed E-state index contributed by atoms with van der Waals surface area (Å²) >= 11 is 0. The van der Waals surface area contributed by atoms with Gasteiger partial charge in [0.05, 0.1) is 0 Å². The number of allylic oxidation sites excluding steroid dienone is 2. The lowest BCUT2D eigenvalue weighted by molar-refractivity contribution is 0.196. The molecule has 2 fully saturated rings. The van der Waals surface area contributed by atoms with E-state index < -0.39 is 0 Å². The number of likely N-dealkylation sites (tertiary alicyclic amines) is 2. The van der Waals surface area contributed by atoms with Crippen LogP contribution in [-0.2, 0) is 0 Å². The average Bonchev–Trinajstić information content (AvgIpc) is 3.16. The standard InChI is InChI=1S/C16H27N3O/c20-16(17-12-14-6-2-1-3-7-14)19-11-8-15(13-19)18-9-4-5-10-18/h1-2,14-15H,3-13H2,(H,17,20)/t14-,15+/m1/s1. The van der Waals surface area contributed by atoms with Crippen LogP contribution in [-0.4, -0.2) is 54.6 Å². The highest BCUT2D eigenvalue weighted by atomic mass is 16.2. The zero-order chi connectivity index (χ0) is 13.8. The molecule has 2 atom stereocenters. The molecule has 0 radical (unpaired) electrons. The second-order valence-electron chi connectivity index (χ2n) is 6.47. The van der Waals surface area contributed by atoms with Crippen molar-refractivity contribution in [2.24, 2.45) is 5.92 Å². The summed E-state index contributed by atoms with van der Waals surface area (Å²) in [5.74, 6) is 0.640. The van der Waals surface area contributed by atoms with Crippen molar-refractivity contribution in [3.05, 3.63) is 12.2 Å². The monoisotopic (exact) mass is 277 g/mol. The van der Waals surface area contributed by atoms with Crippen molar-refractivity contribution < 1.29 is 4.79 Å². The van der Waals surface area contributed by atoms with E-state index in [1.807, 2.05) is 4.90 Å². The van der Waals surface area contributed by atoms with Crippen LogP contribution >= 0.6 is 0 Å². The summed E-state index contributed by atoms with van der Waals surface area (Å²) in [5.41, 5.74) is 0. The van der Waals surface area contributed by atoms with Crippen molar-refractivity contribution in [3.63, 3.8) is 0 Å². The topological polar surface area (TPSA) is 35.6 Å². The van der Waals surface area contributed by atoms with Gasteiger partial charge in [0.2, 0.25) is 0 Å². The number of nitrogens with zero attached hydrogens (tertiary/aromatic N) is 2. The van der Waals surface area contributed by atoms with Crippen molar-refractivity contribution in [3.8, 4) is 0 Å². The summed E-state index contributed by atoms with van der Waals surface area (Å²) in [4.78, 5) is 16.8. The van der Waals surface area contributed by atoms with E-state index in [0.717, 1.165) is 32.5 Å². The van der Waals surface area contributed by atoms with E-state index in [1.165, 1.54) is 38.8 Å². The van der Waals surface area contributed by atoms with Crippen LogP contribution < -0.4 is 5.32 Å². The minimum absolute atomic E-state index is 0.154. The zero-order valence-corrected chi connectivity index (χ0v) is 12.4. The first-order valence-electron chi connectivity index (χ1n) is 8.25. The Kier molecular flexibility index (Phi) is 4.61. The van der Waals surface area contributed by atoms with Crippen molar-refractivity contribution in [1.82, 2.24) is 15.1 Å². The van der Waals surface area contributed by atoms with Crippen LogP contribution in [0.3, 0.4) is 0 Å². The highest BCUT2D eigenvalue weighted by Gasteiger charge is 2.31. The van der Waals surface area contributed by atoms with Crippen molar-refractivity contribution in [2.45, 2.75) is 44.6 Å². The van der Waals surface area contributed by atoms with E-state index in [9.17, 15) is 4.79 Å². The summed E-state index contributed by atoms with van der Waals surface area (Å²) in [6, 6.07) is 0.766. The number of hydrogen-bond acceptors (Lipinski definition) is 2.